The van der Waals surface area contributed by atoms with Crippen LogP contribution in [0.25, 0.3) is 0 Å². The first-order valence-corrected chi connectivity index (χ1v) is 7.08. The van der Waals surface area contributed by atoms with Gasteiger partial charge in [-0.15, -0.1) is 0 Å². The lowest BCUT2D eigenvalue weighted by Crippen LogP contribution is -2.25. The van der Waals surface area contributed by atoms with Crippen LogP contribution in [0.5, 0.6) is 5.75 Å². The van der Waals surface area contributed by atoms with Crippen molar-refractivity contribution in [1.29, 1.82) is 0 Å². The van der Waals surface area contributed by atoms with Gasteiger partial charge in [-0.3, -0.25) is 0 Å². The summed E-state index contributed by atoms with van der Waals surface area (Å²) in [6, 6.07) is 9.06. The van der Waals surface area contributed by atoms with Crippen molar-refractivity contribution in [3.8, 4) is 5.75 Å². The molecule has 0 bridgehead atoms. The fraction of sp³-hybridized carbons (Fsp3) is 0.625. The van der Waals surface area contributed by atoms with Gasteiger partial charge in [0.2, 0.25) is 0 Å². The van der Waals surface area contributed by atoms with Crippen LogP contribution in [-0.2, 0) is 0 Å². The molecule has 1 aromatic rings. The number of methoxy groups -OCH3 is 1. The van der Waals surface area contributed by atoms with Gasteiger partial charge in [-0.25, -0.2) is 0 Å². The Balaban J connectivity index is 1.95. The fourth-order valence-electron chi connectivity index (χ4n) is 2.32. The highest BCUT2D eigenvalue weighted by Crippen LogP contribution is 2.41. The second kappa shape index (κ2) is 6.24. The Kier molecular flexibility index (Phi) is 4.65. The molecule has 0 radical (unpaired) electrons. The minimum Gasteiger partial charge on any atom is -0.497 e. The third-order valence-electron chi connectivity index (χ3n) is 3.65. The van der Waals surface area contributed by atoms with Crippen LogP contribution in [0.4, 0.5) is 0 Å². The largest absolute Gasteiger partial charge is 0.497 e. The van der Waals surface area contributed by atoms with E-state index in [4.69, 9.17) is 4.74 Å². The Morgan fingerprint density at radius 1 is 1.22 bits per heavy atom. The summed E-state index contributed by atoms with van der Waals surface area (Å²) in [6.45, 7) is 5.67. The number of benzene rings is 1. The summed E-state index contributed by atoms with van der Waals surface area (Å²) in [7, 11) is 1.72. The highest BCUT2D eigenvalue weighted by Gasteiger charge is 2.31. The Labute approximate surface area is 111 Å². The third kappa shape index (κ3) is 3.74. The summed E-state index contributed by atoms with van der Waals surface area (Å²) < 4.78 is 5.22. The highest BCUT2D eigenvalue weighted by molar-refractivity contribution is 5.30. The summed E-state index contributed by atoms with van der Waals surface area (Å²) in [5.74, 6) is 2.55. The molecule has 2 heteroatoms. The van der Waals surface area contributed by atoms with Crippen LogP contribution in [0.3, 0.4) is 0 Å². The van der Waals surface area contributed by atoms with E-state index in [-0.39, 0.29) is 0 Å². The van der Waals surface area contributed by atoms with Crippen molar-refractivity contribution in [2.45, 2.75) is 39.2 Å². The van der Waals surface area contributed by atoms with Gasteiger partial charge < -0.3 is 10.1 Å². The molecule has 100 valence electrons. The molecular formula is C16H25NO. The number of hydrogen-bond acceptors (Lipinski definition) is 2. The van der Waals surface area contributed by atoms with Crippen molar-refractivity contribution >= 4 is 0 Å². The molecule has 0 saturated heterocycles. The molecule has 2 rings (SSSR count). The SMILES string of the molecule is COc1ccc(C(NCCC(C)C)C2CC2)cc1. The zero-order valence-corrected chi connectivity index (χ0v) is 11.8. The summed E-state index contributed by atoms with van der Waals surface area (Å²) in [5.41, 5.74) is 1.40. The molecule has 0 spiro atoms. The molecule has 0 heterocycles. The first-order chi connectivity index (χ1) is 8.70. The predicted molar refractivity (Wildman–Crippen MR) is 75.9 cm³/mol. The van der Waals surface area contributed by atoms with Crippen LogP contribution < -0.4 is 10.1 Å². The molecule has 0 aliphatic heterocycles. The first-order valence-electron chi connectivity index (χ1n) is 7.08. The third-order valence-corrected chi connectivity index (χ3v) is 3.65. The van der Waals surface area contributed by atoms with Crippen LogP contribution in [0.2, 0.25) is 0 Å². The van der Waals surface area contributed by atoms with Crippen molar-refractivity contribution in [2.75, 3.05) is 13.7 Å². The highest BCUT2D eigenvalue weighted by atomic mass is 16.5. The van der Waals surface area contributed by atoms with Gasteiger partial charge in [-0.1, -0.05) is 26.0 Å². The van der Waals surface area contributed by atoms with Crippen molar-refractivity contribution in [3.05, 3.63) is 29.8 Å². The van der Waals surface area contributed by atoms with E-state index in [1.165, 1.54) is 24.8 Å². The zero-order valence-electron chi connectivity index (χ0n) is 11.8. The van der Waals surface area contributed by atoms with E-state index < -0.39 is 0 Å². The van der Waals surface area contributed by atoms with Crippen LogP contribution in [0.15, 0.2) is 24.3 Å². The molecular weight excluding hydrogens is 222 g/mol. The topological polar surface area (TPSA) is 21.3 Å². The molecule has 1 saturated carbocycles. The summed E-state index contributed by atoms with van der Waals surface area (Å²) >= 11 is 0. The van der Waals surface area contributed by atoms with Crippen LogP contribution in [0.1, 0.15) is 44.7 Å². The molecule has 1 N–H and O–H groups in total. The van der Waals surface area contributed by atoms with Gasteiger partial charge in [-0.2, -0.15) is 0 Å². The quantitative estimate of drug-likeness (QED) is 0.791. The van der Waals surface area contributed by atoms with Gasteiger partial charge in [0.1, 0.15) is 5.75 Å². The van der Waals surface area contributed by atoms with E-state index in [0.29, 0.717) is 6.04 Å². The molecule has 1 unspecified atom stereocenters. The van der Waals surface area contributed by atoms with Crippen LogP contribution in [-0.4, -0.2) is 13.7 Å². The van der Waals surface area contributed by atoms with Crippen molar-refractivity contribution < 1.29 is 4.74 Å². The van der Waals surface area contributed by atoms with E-state index in [1.807, 2.05) is 0 Å². The van der Waals surface area contributed by atoms with Crippen LogP contribution >= 0.6 is 0 Å². The van der Waals surface area contributed by atoms with Crippen molar-refractivity contribution in [3.63, 3.8) is 0 Å². The molecule has 1 atom stereocenters. The van der Waals surface area contributed by atoms with Gasteiger partial charge in [0.25, 0.3) is 0 Å². The average molecular weight is 247 g/mol. The Bertz CT molecular complexity index is 354. The summed E-state index contributed by atoms with van der Waals surface area (Å²) in [6.07, 6.45) is 3.98. The van der Waals surface area contributed by atoms with E-state index in [1.54, 1.807) is 7.11 Å². The minimum atomic E-state index is 0.537. The number of ether oxygens (including phenoxy) is 1. The monoisotopic (exact) mass is 247 g/mol. The van der Waals surface area contributed by atoms with Gasteiger partial charge >= 0.3 is 0 Å². The van der Waals surface area contributed by atoms with Crippen LogP contribution in [0, 0.1) is 11.8 Å². The number of rotatable bonds is 7. The smallest absolute Gasteiger partial charge is 0.118 e. The first kappa shape index (κ1) is 13.4. The molecule has 0 aromatic heterocycles. The molecule has 1 aliphatic rings. The molecule has 1 aliphatic carbocycles. The Hall–Kier alpha value is -1.02. The lowest BCUT2D eigenvalue weighted by molar-refractivity contribution is 0.413. The normalized spacial score (nSPS) is 16.9. The average Bonchev–Trinajstić information content (AvgIpc) is 3.19. The van der Waals surface area contributed by atoms with Crippen molar-refractivity contribution in [1.82, 2.24) is 5.32 Å². The van der Waals surface area contributed by atoms with Crippen molar-refractivity contribution in [2.24, 2.45) is 11.8 Å². The second-order valence-corrected chi connectivity index (χ2v) is 5.72. The van der Waals surface area contributed by atoms with Gasteiger partial charge in [-0.05, 0) is 55.3 Å². The maximum Gasteiger partial charge on any atom is 0.118 e. The van der Waals surface area contributed by atoms with Gasteiger partial charge in [0.15, 0.2) is 0 Å². The molecule has 1 aromatic carbocycles. The molecule has 2 nitrogen and oxygen atoms in total. The Morgan fingerprint density at radius 2 is 1.89 bits per heavy atom. The zero-order chi connectivity index (χ0) is 13.0. The Morgan fingerprint density at radius 3 is 2.39 bits per heavy atom. The van der Waals surface area contributed by atoms with E-state index >= 15 is 0 Å². The van der Waals surface area contributed by atoms with Gasteiger partial charge in [0, 0.05) is 6.04 Å². The van der Waals surface area contributed by atoms with E-state index in [9.17, 15) is 0 Å². The molecule has 1 fully saturated rings. The minimum absolute atomic E-state index is 0.537. The lowest BCUT2D eigenvalue weighted by Gasteiger charge is -2.19. The lowest BCUT2D eigenvalue weighted by atomic mass is 10.0. The predicted octanol–water partition coefficient (Wildman–Crippen LogP) is 3.78. The maximum atomic E-state index is 5.22. The maximum absolute atomic E-state index is 5.22. The van der Waals surface area contributed by atoms with Gasteiger partial charge in [0.05, 0.1) is 7.11 Å². The molecule has 18 heavy (non-hydrogen) atoms. The van der Waals surface area contributed by atoms with E-state index in [0.717, 1.165) is 24.1 Å². The fourth-order valence-corrected chi connectivity index (χ4v) is 2.32. The molecule has 0 amide bonds. The summed E-state index contributed by atoms with van der Waals surface area (Å²) in [4.78, 5) is 0. The number of hydrogen-bond donors (Lipinski definition) is 1. The number of nitrogens with one attached hydrogen (secondary N) is 1. The van der Waals surface area contributed by atoms with E-state index in [2.05, 4.69) is 43.4 Å². The standard InChI is InChI=1S/C16H25NO/c1-12(2)10-11-17-16(13-4-5-13)14-6-8-15(18-3)9-7-14/h6-9,12-13,16-17H,4-5,10-11H2,1-3H3. The second-order valence-electron chi connectivity index (χ2n) is 5.72. The summed E-state index contributed by atoms with van der Waals surface area (Å²) in [5, 5.41) is 3.73.